The maximum absolute atomic E-state index is 13.8. The number of hydrogen-bond donors (Lipinski definition) is 1. The molecule has 0 fully saturated rings. The zero-order chi connectivity index (χ0) is 16.3. The number of halogens is 4. The SMILES string of the molecule is CCCN(CC(F)(F)F)S(=O)(=O)c1ccc(CN)cc1F. The van der Waals surface area contributed by atoms with Crippen molar-refractivity contribution in [2.45, 2.75) is 31.0 Å². The van der Waals surface area contributed by atoms with E-state index in [1.165, 1.54) is 13.0 Å². The molecule has 0 amide bonds. The molecule has 0 saturated carbocycles. The highest BCUT2D eigenvalue weighted by Gasteiger charge is 2.37. The Balaban J connectivity index is 3.22. The van der Waals surface area contributed by atoms with Crippen LogP contribution in [0.15, 0.2) is 23.1 Å². The van der Waals surface area contributed by atoms with Gasteiger partial charge in [0.2, 0.25) is 10.0 Å². The minimum Gasteiger partial charge on any atom is -0.326 e. The van der Waals surface area contributed by atoms with E-state index in [1.54, 1.807) is 0 Å². The Morgan fingerprint density at radius 2 is 1.90 bits per heavy atom. The van der Waals surface area contributed by atoms with Gasteiger partial charge in [-0.25, -0.2) is 12.8 Å². The Morgan fingerprint density at radius 3 is 2.33 bits per heavy atom. The van der Waals surface area contributed by atoms with Gasteiger partial charge < -0.3 is 5.73 Å². The van der Waals surface area contributed by atoms with Crippen molar-refractivity contribution >= 4 is 10.0 Å². The minimum absolute atomic E-state index is 0.00151. The first-order valence-electron chi connectivity index (χ1n) is 6.17. The fourth-order valence-electron chi connectivity index (χ4n) is 1.75. The largest absolute Gasteiger partial charge is 0.402 e. The van der Waals surface area contributed by atoms with Gasteiger partial charge in [-0.2, -0.15) is 17.5 Å². The maximum atomic E-state index is 13.8. The molecule has 0 atom stereocenters. The molecular formula is C12H16F4N2O2S. The zero-order valence-electron chi connectivity index (χ0n) is 11.3. The number of nitrogens with two attached hydrogens (primary N) is 1. The van der Waals surface area contributed by atoms with Gasteiger partial charge in [0.25, 0.3) is 0 Å². The van der Waals surface area contributed by atoms with E-state index >= 15 is 0 Å². The molecule has 0 aliphatic heterocycles. The highest BCUT2D eigenvalue weighted by molar-refractivity contribution is 7.89. The predicted molar refractivity (Wildman–Crippen MR) is 69.4 cm³/mol. The molecule has 0 aromatic heterocycles. The molecule has 1 rings (SSSR count). The molecule has 0 unspecified atom stereocenters. The minimum atomic E-state index is -4.70. The molecule has 4 nitrogen and oxygen atoms in total. The zero-order valence-corrected chi connectivity index (χ0v) is 12.1. The van der Waals surface area contributed by atoms with Crippen molar-refractivity contribution < 1.29 is 26.0 Å². The molecule has 0 saturated heterocycles. The Labute approximate surface area is 120 Å². The van der Waals surface area contributed by atoms with Crippen LogP contribution in [0.2, 0.25) is 0 Å². The molecular weight excluding hydrogens is 312 g/mol. The number of alkyl halides is 3. The van der Waals surface area contributed by atoms with Crippen LogP contribution in [0.25, 0.3) is 0 Å². The molecule has 2 N–H and O–H groups in total. The lowest BCUT2D eigenvalue weighted by molar-refractivity contribution is -0.136. The van der Waals surface area contributed by atoms with Crippen LogP contribution in [0.4, 0.5) is 17.6 Å². The van der Waals surface area contributed by atoms with Crippen LogP contribution in [0.3, 0.4) is 0 Å². The molecule has 0 aliphatic carbocycles. The van der Waals surface area contributed by atoms with E-state index < -0.39 is 33.5 Å². The second kappa shape index (κ2) is 6.71. The van der Waals surface area contributed by atoms with Crippen LogP contribution in [0.1, 0.15) is 18.9 Å². The van der Waals surface area contributed by atoms with Crippen molar-refractivity contribution in [2.75, 3.05) is 13.1 Å². The third-order valence-electron chi connectivity index (χ3n) is 2.68. The van der Waals surface area contributed by atoms with Crippen molar-refractivity contribution in [2.24, 2.45) is 5.73 Å². The molecule has 0 spiro atoms. The van der Waals surface area contributed by atoms with E-state index in [1.807, 2.05) is 0 Å². The summed E-state index contributed by atoms with van der Waals surface area (Å²) in [5, 5.41) is 0. The smallest absolute Gasteiger partial charge is 0.326 e. The predicted octanol–water partition coefficient (Wildman–Crippen LogP) is 2.25. The Hall–Kier alpha value is -1.19. The van der Waals surface area contributed by atoms with E-state index in [4.69, 9.17) is 5.73 Å². The maximum Gasteiger partial charge on any atom is 0.402 e. The molecule has 0 aliphatic rings. The summed E-state index contributed by atoms with van der Waals surface area (Å²) >= 11 is 0. The summed E-state index contributed by atoms with van der Waals surface area (Å²) in [4.78, 5) is -0.780. The summed E-state index contributed by atoms with van der Waals surface area (Å²) in [7, 11) is -4.55. The molecule has 9 heteroatoms. The second-order valence-electron chi connectivity index (χ2n) is 4.42. The second-order valence-corrected chi connectivity index (χ2v) is 6.33. The average molecular weight is 328 g/mol. The Morgan fingerprint density at radius 1 is 1.29 bits per heavy atom. The standard InChI is InChI=1S/C12H16F4N2O2S/c1-2-5-18(8-12(14,15)16)21(19,20)11-4-3-9(7-17)6-10(11)13/h3-4,6H,2,5,7-8,17H2,1H3. The van der Waals surface area contributed by atoms with Crippen LogP contribution < -0.4 is 5.73 Å². The van der Waals surface area contributed by atoms with Crippen molar-refractivity contribution in [1.82, 2.24) is 4.31 Å². The summed E-state index contributed by atoms with van der Waals surface area (Å²) in [5.74, 6) is -1.11. The van der Waals surface area contributed by atoms with Gasteiger partial charge in [0.15, 0.2) is 0 Å². The molecule has 120 valence electrons. The first-order chi connectivity index (χ1) is 9.61. The van der Waals surface area contributed by atoms with Gasteiger partial charge in [-0.3, -0.25) is 0 Å². The van der Waals surface area contributed by atoms with E-state index in [0.717, 1.165) is 12.1 Å². The van der Waals surface area contributed by atoms with Crippen molar-refractivity contribution in [3.63, 3.8) is 0 Å². The summed E-state index contributed by atoms with van der Waals surface area (Å²) < 4.78 is 75.8. The number of nitrogens with zero attached hydrogens (tertiary/aromatic N) is 1. The third kappa shape index (κ3) is 4.65. The molecule has 0 heterocycles. The quantitative estimate of drug-likeness (QED) is 0.815. The molecule has 21 heavy (non-hydrogen) atoms. The lowest BCUT2D eigenvalue weighted by atomic mass is 10.2. The van der Waals surface area contributed by atoms with Crippen LogP contribution in [0.5, 0.6) is 0 Å². The van der Waals surface area contributed by atoms with Crippen LogP contribution in [-0.2, 0) is 16.6 Å². The summed E-state index contributed by atoms with van der Waals surface area (Å²) in [6.45, 7) is -0.466. The van der Waals surface area contributed by atoms with Gasteiger partial charge in [-0.05, 0) is 24.1 Å². The number of rotatable bonds is 6. The van der Waals surface area contributed by atoms with E-state index in [-0.39, 0.29) is 23.8 Å². The van der Waals surface area contributed by atoms with Crippen molar-refractivity contribution in [1.29, 1.82) is 0 Å². The highest BCUT2D eigenvalue weighted by atomic mass is 32.2. The summed E-state index contributed by atoms with van der Waals surface area (Å²) in [5.41, 5.74) is 5.64. The lowest BCUT2D eigenvalue weighted by Crippen LogP contribution is -2.39. The van der Waals surface area contributed by atoms with Crippen LogP contribution >= 0.6 is 0 Å². The fraction of sp³-hybridized carbons (Fsp3) is 0.500. The van der Waals surface area contributed by atoms with Gasteiger partial charge in [0.1, 0.15) is 17.3 Å². The molecule has 0 radical (unpaired) electrons. The Kier molecular flexibility index (Phi) is 5.71. The van der Waals surface area contributed by atoms with Gasteiger partial charge in [0.05, 0.1) is 0 Å². The van der Waals surface area contributed by atoms with Gasteiger partial charge in [-0.15, -0.1) is 0 Å². The first kappa shape index (κ1) is 17.9. The van der Waals surface area contributed by atoms with Gasteiger partial charge in [-0.1, -0.05) is 13.0 Å². The van der Waals surface area contributed by atoms with Crippen molar-refractivity contribution in [3.8, 4) is 0 Å². The fourth-order valence-corrected chi connectivity index (χ4v) is 3.32. The summed E-state index contributed by atoms with van der Waals surface area (Å²) in [6.07, 6.45) is -4.52. The van der Waals surface area contributed by atoms with Gasteiger partial charge in [0, 0.05) is 13.1 Å². The normalized spacial score (nSPS) is 12.9. The monoisotopic (exact) mass is 328 g/mol. The third-order valence-corrected chi connectivity index (χ3v) is 4.56. The number of benzene rings is 1. The van der Waals surface area contributed by atoms with Crippen molar-refractivity contribution in [3.05, 3.63) is 29.6 Å². The molecule has 0 bridgehead atoms. The Bertz CT molecular complexity index is 587. The van der Waals surface area contributed by atoms with Crippen LogP contribution in [-0.4, -0.2) is 32.0 Å². The van der Waals surface area contributed by atoms with Crippen LogP contribution in [0, 0.1) is 5.82 Å². The molecule has 1 aromatic carbocycles. The first-order valence-corrected chi connectivity index (χ1v) is 7.61. The van der Waals surface area contributed by atoms with E-state index in [0.29, 0.717) is 5.56 Å². The van der Waals surface area contributed by atoms with Gasteiger partial charge >= 0.3 is 6.18 Å². The lowest BCUT2D eigenvalue weighted by Gasteiger charge is -2.23. The highest BCUT2D eigenvalue weighted by Crippen LogP contribution is 2.25. The number of sulfonamides is 1. The average Bonchev–Trinajstić information content (AvgIpc) is 2.36. The number of hydrogen-bond acceptors (Lipinski definition) is 3. The van der Waals surface area contributed by atoms with E-state index in [2.05, 4.69) is 0 Å². The molecule has 1 aromatic rings. The van der Waals surface area contributed by atoms with E-state index in [9.17, 15) is 26.0 Å². The summed E-state index contributed by atoms with van der Waals surface area (Å²) in [6, 6.07) is 3.12. The topological polar surface area (TPSA) is 63.4 Å².